The predicted octanol–water partition coefficient (Wildman–Crippen LogP) is 2.11. The van der Waals surface area contributed by atoms with E-state index >= 15 is 0 Å². The Morgan fingerprint density at radius 2 is 1.66 bits per heavy atom. The molecule has 7 heteroatoms. The number of fused-ring (bicyclic) bond motifs is 3. The average Bonchev–Trinajstić information content (AvgIpc) is 2.79. The largest absolute Gasteiger partial charge is 0.548 e. The second kappa shape index (κ2) is 8.93. The van der Waals surface area contributed by atoms with Crippen LogP contribution in [-0.2, 0) is 16.0 Å². The van der Waals surface area contributed by atoms with E-state index in [4.69, 9.17) is 9.15 Å². The van der Waals surface area contributed by atoms with Crippen LogP contribution in [-0.4, -0.2) is 24.5 Å². The molecule has 0 aliphatic heterocycles. The van der Waals surface area contributed by atoms with Gasteiger partial charge in [0.25, 0.3) is 5.91 Å². The van der Waals surface area contributed by atoms with Gasteiger partial charge in [0.1, 0.15) is 11.3 Å². The van der Waals surface area contributed by atoms with Gasteiger partial charge in [-0.25, -0.2) is 4.79 Å². The second-order valence-electron chi connectivity index (χ2n) is 7.42. The smallest absolute Gasteiger partial charge is 0.344 e. The lowest BCUT2D eigenvalue weighted by atomic mass is 10.0. The van der Waals surface area contributed by atoms with Crippen LogP contribution in [0.1, 0.15) is 11.1 Å². The summed E-state index contributed by atoms with van der Waals surface area (Å²) in [4.78, 5) is 36.1. The molecule has 0 bridgehead atoms. The Kier molecular flexibility index (Phi) is 5.89. The zero-order valence-electron chi connectivity index (χ0n) is 17.3. The maximum atomic E-state index is 12.3. The number of aryl methyl sites for hydroxylation is 1. The number of hydrogen-bond donors (Lipinski definition) is 1. The highest BCUT2D eigenvalue weighted by Gasteiger charge is 2.16. The number of carbonyl (C=O) groups excluding carboxylic acids is 2. The molecule has 0 aliphatic carbocycles. The number of amides is 1. The monoisotopic (exact) mass is 430 g/mol. The molecule has 1 heterocycles. The van der Waals surface area contributed by atoms with Gasteiger partial charge in [-0.05, 0) is 42.5 Å². The molecule has 1 amide bonds. The molecule has 1 N–H and O–H groups in total. The molecular formula is C25H20NO6-. The Balaban J connectivity index is 1.50. The first-order valence-corrected chi connectivity index (χ1v) is 10.1. The van der Waals surface area contributed by atoms with Crippen molar-refractivity contribution in [2.45, 2.75) is 19.4 Å². The van der Waals surface area contributed by atoms with Crippen LogP contribution in [0.15, 0.2) is 75.9 Å². The number of benzene rings is 3. The molecule has 0 saturated carbocycles. The van der Waals surface area contributed by atoms with Gasteiger partial charge in [-0.3, -0.25) is 4.79 Å². The highest BCUT2D eigenvalue weighted by atomic mass is 16.5. The fourth-order valence-electron chi connectivity index (χ4n) is 3.64. The van der Waals surface area contributed by atoms with Gasteiger partial charge in [0.15, 0.2) is 6.61 Å². The summed E-state index contributed by atoms with van der Waals surface area (Å²) < 4.78 is 11.1. The predicted molar refractivity (Wildman–Crippen MR) is 117 cm³/mol. The molecule has 7 nitrogen and oxygen atoms in total. The van der Waals surface area contributed by atoms with Gasteiger partial charge in [0, 0.05) is 10.9 Å². The van der Waals surface area contributed by atoms with Crippen LogP contribution in [0.3, 0.4) is 0 Å². The van der Waals surface area contributed by atoms with E-state index in [-0.39, 0.29) is 6.42 Å². The van der Waals surface area contributed by atoms with Crippen molar-refractivity contribution in [2.24, 2.45) is 0 Å². The third kappa shape index (κ3) is 4.32. The molecule has 1 atom stereocenters. The summed E-state index contributed by atoms with van der Waals surface area (Å²) in [6.45, 7) is 1.33. The summed E-state index contributed by atoms with van der Waals surface area (Å²) >= 11 is 0. The summed E-state index contributed by atoms with van der Waals surface area (Å²) in [5.74, 6) is -1.62. The lowest BCUT2D eigenvalue weighted by Gasteiger charge is -2.20. The average molecular weight is 430 g/mol. The fourth-order valence-corrected chi connectivity index (χ4v) is 3.64. The van der Waals surface area contributed by atoms with Crippen LogP contribution >= 0.6 is 0 Å². The highest BCUT2D eigenvalue weighted by Crippen LogP contribution is 2.30. The van der Waals surface area contributed by atoms with Crippen molar-refractivity contribution in [3.63, 3.8) is 0 Å². The minimum Gasteiger partial charge on any atom is -0.548 e. The Morgan fingerprint density at radius 3 is 2.38 bits per heavy atom. The summed E-state index contributed by atoms with van der Waals surface area (Å²) in [6.07, 6.45) is 0.0994. The van der Waals surface area contributed by atoms with E-state index in [1.54, 1.807) is 55.5 Å². The molecule has 4 aromatic rings. The van der Waals surface area contributed by atoms with Crippen molar-refractivity contribution >= 4 is 33.6 Å². The lowest BCUT2D eigenvalue weighted by molar-refractivity contribution is -0.308. The number of carboxylic acids is 1. The van der Waals surface area contributed by atoms with Crippen molar-refractivity contribution in [1.82, 2.24) is 5.32 Å². The number of rotatable bonds is 7. The molecule has 0 spiro atoms. The number of carbonyl (C=O) groups is 2. The molecule has 0 saturated heterocycles. The Bertz CT molecular complexity index is 1360. The van der Waals surface area contributed by atoms with Crippen LogP contribution in [0.2, 0.25) is 0 Å². The maximum Gasteiger partial charge on any atom is 0.344 e. The molecular weight excluding hydrogens is 410 g/mol. The van der Waals surface area contributed by atoms with E-state index in [1.807, 2.05) is 18.2 Å². The van der Waals surface area contributed by atoms with Gasteiger partial charge in [0.05, 0.1) is 17.4 Å². The van der Waals surface area contributed by atoms with E-state index in [0.717, 1.165) is 16.3 Å². The Labute approximate surface area is 183 Å². The van der Waals surface area contributed by atoms with Gasteiger partial charge in [-0.15, -0.1) is 0 Å². The van der Waals surface area contributed by atoms with E-state index < -0.39 is 30.2 Å². The van der Waals surface area contributed by atoms with Crippen molar-refractivity contribution in [3.8, 4) is 5.75 Å². The van der Waals surface area contributed by atoms with E-state index in [2.05, 4.69) is 5.32 Å². The minimum atomic E-state index is -1.38. The minimum absolute atomic E-state index is 0.0994. The number of nitrogens with one attached hydrogen (secondary N) is 1. The molecule has 32 heavy (non-hydrogen) atoms. The molecule has 0 aliphatic rings. The topological polar surface area (TPSA) is 109 Å². The van der Waals surface area contributed by atoms with Crippen LogP contribution in [0.4, 0.5) is 0 Å². The lowest BCUT2D eigenvalue weighted by Crippen LogP contribution is -2.50. The summed E-state index contributed by atoms with van der Waals surface area (Å²) in [5, 5.41) is 15.9. The van der Waals surface area contributed by atoms with E-state index in [1.165, 1.54) is 0 Å². The fraction of sp³-hybridized carbons (Fsp3) is 0.160. The van der Waals surface area contributed by atoms with Crippen molar-refractivity contribution in [1.29, 1.82) is 0 Å². The molecule has 162 valence electrons. The van der Waals surface area contributed by atoms with E-state index in [0.29, 0.717) is 22.3 Å². The number of carboxylic acid groups (broad SMARTS) is 1. The van der Waals surface area contributed by atoms with Crippen LogP contribution < -0.4 is 20.8 Å². The molecule has 0 radical (unpaired) electrons. The van der Waals surface area contributed by atoms with E-state index in [9.17, 15) is 19.5 Å². The normalized spacial score (nSPS) is 11.9. The Morgan fingerprint density at radius 1 is 0.969 bits per heavy atom. The summed E-state index contributed by atoms with van der Waals surface area (Å²) in [5.41, 5.74) is 1.25. The van der Waals surface area contributed by atoms with Gasteiger partial charge < -0.3 is 24.4 Å². The molecule has 0 fully saturated rings. The molecule has 4 rings (SSSR count). The van der Waals surface area contributed by atoms with Crippen LogP contribution in [0.5, 0.6) is 5.75 Å². The zero-order valence-corrected chi connectivity index (χ0v) is 17.3. The number of ether oxygens (including phenoxy) is 1. The van der Waals surface area contributed by atoms with Gasteiger partial charge in [0.2, 0.25) is 0 Å². The van der Waals surface area contributed by atoms with Gasteiger partial charge in [-0.1, -0.05) is 48.5 Å². The first kappa shape index (κ1) is 21.1. The summed E-state index contributed by atoms with van der Waals surface area (Å²) in [7, 11) is 0. The SMILES string of the molecule is Cc1c(OCC(=O)N[C@@H](Cc2ccccc2)C(=O)[O-])ccc2c1oc(=O)c1ccccc12. The first-order valence-electron chi connectivity index (χ1n) is 10.1. The molecule has 1 aromatic heterocycles. The number of aliphatic carboxylic acids is 1. The summed E-state index contributed by atoms with van der Waals surface area (Å²) in [6, 6.07) is 18.4. The van der Waals surface area contributed by atoms with Gasteiger partial charge >= 0.3 is 5.63 Å². The maximum absolute atomic E-state index is 12.3. The second-order valence-corrected chi connectivity index (χ2v) is 7.42. The van der Waals surface area contributed by atoms with Crippen molar-refractivity contribution in [2.75, 3.05) is 6.61 Å². The first-order chi connectivity index (χ1) is 15.4. The standard InChI is InChI=1S/C25H21NO6/c1-15-21(12-11-18-17-9-5-6-10-19(17)25(30)32-23(15)18)31-14-22(27)26-20(24(28)29)13-16-7-3-2-4-8-16/h2-12,20H,13-14H2,1H3,(H,26,27)(H,28,29)/p-1/t20-/m0/s1. The Hall–Kier alpha value is -4.13. The van der Waals surface area contributed by atoms with Crippen molar-refractivity contribution in [3.05, 3.63) is 88.3 Å². The third-order valence-corrected chi connectivity index (χ3v) is 5.25. The third-order valence-electron chi connectivity index (χ3n) is 5.25. The quantitative estimate of drug-likeness (QED) is 0.355. The van der Waals surface area contributed by atoms with Crippen LogP contribution in [0.25, 0.3) is 21.7 Å². The van der Waals surface area contributed by atoms with Crippen LogP contribution in [0, 0.1) is 6.92 Å². The van der Waals surface area contributed by atoms with Gasteiger partial charge in [-0.2, -0.15) is 0 Å². The molecule has 3 aromatic carbocycles. The zero-order chi connectivity index (χ0) is 22.7. The highest BCUT2D eigenvalue weighted by molar-refractivity contribution is 6.05. The van der Waals surface area contributed by atoms with Crippen molar-refractivity contribution < 1.29 is 23.8 Å². The number of hydrogen-bond acceptors (Lipinski definition) is 6. The molecule has 0 unspecified atom stereocenters.